The largest absolute Gasteiger partial charge is 0.449 e. The molecule has 1 aliphatic rings. The summed E-state index contributed by atoms with van der Waals surface area (Å²) in [6.45, 7) is 4.20. The summed E-state index contributed by atoms with van der Waals surface area (Å²) in [5.74, 6) is -2.83. The first-order chi connectivity index (χ1) is 14.7. The van der Waals surface area contributed by atoms with Crippen LogP contribution in [-0.2, 0) is 19.1 Å². The lowest BCUT2D eigenvalue weighted by atomic mass is 9.88. The number of halogens is 3. The average molecular weight is 457 g/mol. The van der Waals surface area contributed by atoms with Crippen molar-refractivity contribution < 1.29 is 32.3 Å². The van der Waals surface area contributed by atoms with Crippen LogP contribution in [0.4, 0.5) is 13.2 Å². The van der Waals surface area contributed by atoms with E-state index in [1.165, 1.54) is 4.90 Å². The Morgan fingerprint density at radius 3 is 2.19 bits per heavy atom. The quantitative estimate of drug-likeness (QED) is 0.502. The maximum atomic E-state index is 13.3. The molecule has 0 spiro atoms. The monoisotopic (exact) mass is 457 g/mol. The molecular weight excluding hydrogens is 427 g/mol. The minimum absolute atomic E-state index is 0.0106. The Morgan fingerprint density at radius 2 is 1.66 bits per heavy atom. The van der Waals surface area contributed by atoms with Crippen molar-refractivity contribution in [2.75, 3.05) is 40.3 Å². The fraction of sp³-hybridized carbons (Fsp3) is 0.591. The number of alkyl halides is 3. The third-order valence-electron chi connectivity index (χ3n) is 5.28. The van der Waals surface area contributed by atoms with E-state index < -0.39 is 42.2 Å². The van der Waals surface area contributed by atoms with Gasteiger partial charge in [0, 0.05) is 25.7 Å². The molecule has 0 aromatic heterocycles. The van der Waals surface area contributed by atoms with Gasteiger partial charge >= 0.3 is 18.1 Å². The van der Waals surface area contributed by atoms with Gasteiger partial charge in [-0.25, -0.2) is 4.79 Å². The van der Waals surface area contributed by atoms with Crippen molar-refractivity contribution in [2.45, 2.75) is 39.0 Å². The number of hydrogen-bond donors (Lipinski definition) is 0. The van der Waals surface area contributed by atoms with E-state index >= 15 is 0 Å². The Hall–Kier alpha value is -2.62. The molecule has 1 fully saturated rings. The van der Waals surface area contributed by atoms with E-state index in [4.69, 9.17) is 0 Å². The maximum absolute atomic E-state index is 13.3. The Balaban J connectivity index is 2.30. The Labute approximate surface area is 186 Å². The second kappa shape index (κ2) is 9.89. The van der Waals surface area contributed by atoms with E-state index in [1.807, 2.05) is 32.8 Å². The van der Waals surface area contributed by atoms with Gasteiger partial charge in [-0.1, -0.05) is 30.3 Å². The van der Waals surface area contributed by atoms with Crippen LogP contribution in [-0.4, -0.2) is 85.0 Å². The minimum atomic E-state index is -4.73. The van der Waals surface area contributed by atoms with Gasteiger partial charge in [0.05, 0.1) is 11.5 Å². The summed E-state index contributed by atoms with van der Waals surface area (Å²) < 4.78 is 41.4. The summed E-state index contributed by atoms with van der Waals surface area (Å²) >= 11 is 0. The molecule has 1 aromatic rings. The zero-order valence-electron chi connectivity index (χ0n) is 19.0. The number of amides is 2. The highest BCUT2D eigenvalue weighted by molar-refractivity contribution is 6.32. The Bertz CT molecular complexity index is 827. The van der Waals surface area contributed by atoms with Crippen LogP contribution in [0.1, 0.15) is 32.4 Å². The number of piperazine rings is 1. The molecule has 7 nitrogen and oxygen atoms in total. The highest BCUT2D eigenvalue weighted by Gasteiger charge is 2.44. The molecule has 1 heterocycles. The first kappa shape index (κ1) is 25.6. The summed E-state index contributed by atoms with van der Waals surface area (Å²) in [6.07, 6.45) is -4.73. The molecule has 0 N–H and O–H groups in total. The van der Waals surface area contributed by atoms with Crippen molar-refractivity contribution in [3.63, 3.8) is 0 Å². The molecule has 2 amide bonds. The highest BCUT2D eigenvalue weighted by Crippen LogP contribution is 2.32. The molecule has 2 rings (SSSR count). The first-order valence-corrected chi connectivity index (χ1v) is 10.3. The van der Waals surface area contributed by atoms with Crippen LogP contribution in [0.2, 0.25) is 0 Å². The molecule has 2 atom stereocenters. The Morgan fingerprint density at radius 1 is 1.06 bits per heavy atom. The number of benzene rings is 1. The highest BCUT2D eigenvalue weighted by atomic mass is 19.4. The molecule has 178 valence electrons. The second-order valence-corrected chi connectivity index (χ2v) is 9.00. The third kappa shape index (κ3) is 6.44. The lowest BCUT2D eigenvalue weighted by Crippen LogP contribution is -2.60. The molecule has 0 bridgehead atoms. The van der Waals surface area contributed by atoms with Crippen LogP contribution in [0.3, 0.4) is 0 Å². The predicted octanol–water partition coefficient (Wildman–Crippen LogP) is 2.48. The molecule has 0 saturated carbocycles. The molecule has 0 unspecified atom stereocenters. The van der Waals surface area contributed by atoms with Crippen LogP contribution < -0.4 is 0 Å². The standard InChI is InChI=1S/C22H30F3N3O4/c1-15-11-28(18(29)19(30)32-14-22(23,24)25)17(16-9-7-6-8-10-16)12-27(15)20(31)21(2,3)13-26(4)5/h6-10,15,17H,11-14H2,1-5H3/t15-,17-/m1/s1. The summed E-state index contributed by atoms with van der Waals surface area (Å²) in [7, 11) is 3.74. The minimum Gasteiger partial charge on any atom is -0.449 e. The summed E-state index contributed by atoms with van der Waals surface area (Å²) in [5, 5.41) is 0. The van der Waals surface area contributed by atoms with Gasteiger partial charge in [-0.2, -0.15) is 13.2 Å². The zero-order valence-corrected chi connectivity index (χ0v) is 19.0. The molecule has 32 heavy (non-hydrogen) atoms. The van der Waals surface area contributed by atoms with Crippen molar-refractivity contribution in [1.29, 1.82) is 0 Å². The zero-order chi connectivity index (χ0) is 24.3. The van der Waals surface area contributed by atoms with Gasteiger partial charge in [-0.3, -0.25) is 9.59 Å². The van der Waals surface area contributed by atoms with Crippen molar-refractivity contribution >= 4 is 17.8 Å². The predicted molar refractivity (Wildman–Crippen MR) is 111 cm³/mol. The van der Waals surface area contributed by atoms with Gasteiger partial charge in [-0.05, 0) is 40.4 Å². The van der Waals surface area contributed by atoms with Gasteiger partial charge in [0.1, 0.15) is 0 Å². The summed E-state index contributed by atoms with van der Waals surface area (Å²) in [6, 6.07) is 7.63. The van der Waals surface area contributed by atoms with E-state index in [-0.39, 0.29) is 19.0 Å². The SMILES string of the molecule is C[C@@H]1CN(C(=O)C(=O)OCC(F)(F)F)[C@@H](c2ccccc2)CN1C(=O)C(C)(C)CN(C)C. The molecule has 1 aliphatic heterocycles. The number of carbonyl (C=O) groups excluding carboxylic acids is 3. The van der Waals surface area contributed by atoms with E-state index in [0.29, 0.717) is 12.1 Å². The van der Waals surface area contributed by atoms with E-state index in [2.05, 4.69) is 4.74 Å². The third-order valence-corrected chi connectivity index (χ3v) is 5.28. The van der Waals surface area contributed by atoms with E-state index in [0.717, 1.165) is 0 Å². The van der Waals surface area contributed by atoms with Gasteiger partial charge in [0.2, 0.25) is 5.91 Å². The molecule has 0 radical (unpaired) electrons. The Kier molecular flexibility index (Phi) is 7.92. The number of ether oxygens (including phenoxy) is 1. The molecule has 1 saturated heterocycles. The summed E-state index contributed by atoms with van der Waals surface area (Å²) in [5.41, 5.74) is -0.0313. The van der Waals surface area contributed by atoms with E-state index in [9.17, 15) is 27.6 Å². The smallest absolute Gasteiger partial charge is 0.422 e. The van der Waals surface area contributed by atoms with Crippen LogP contribution in [0, 0.1) is 5.41 Å². The second-order valence-electron chi connectivity index (χ2n) is 9.00. The average Bonchev–Trinajstić information content (AvgIpc) is 2.70. The fourth-order valence-electron chi connectivity index (χ4n) is 4.02. The number of carbonyl (C=O) groups is 3. The number of rotatable bonds is 5. The van der Waals surface area contributed by atoms with Crippen LogP contribution in [0.25, 0.3) is 0 Å². The maximum Gasteiger partial charge on any atom is 0.422 e. The number of nitrogens with zero attached hydrogens (tertiary/aromatic N) is 3. The lowest BCUT2D eigenvalue weighted by molar-refractivity contribution is -0.190. The number of esters is 1. The van der Waals surface area contributed by atoms with Crippen molar-refractivity contribution in [1.82, 2.24) is 14.7 Å². The van der Waals surface area contributed by atoms with Crippen LogP contribution >= 0.6 is 0 Å². The first-order valence-electron chi connectivity index (χ1n) is 10.3. The molecular formula is C22H30F3N3O4. The topological polar surface area (TPSA) is 70.2 Å². The lowest BCUT2D eigenvalue weighted by Gasteiger charge is -2.47. The van der Waals surface area contributed by atoms with Gasteiger partial charge in [0.15, 0.2) is 6.61 Å². The number of hydrogen-bond acceptors (Lipinski definition) is 5. The van der Waals surface area contributed by atoms with E-state index in [1.54, 1.807) is 42.2 Å². The summed E-state index contributed by atoms with van der Waals surface area (Å²) in [4.78, 5) is 42.9. The van der Waals surface area contributed by atoms with Crippen molar-refractivity contribution in [2.24, 2.45) is 5.41 Å². The fourth-order valence-corrected chi connectivity index (χ4v) is 4.02. The van der Waals surface area contributed by atoms with Gasteiger partial charge in [0.25, 0.3) is 0 Å². The molecule has 0 aliphatic carbocycles. The normalized spacial score (nSPS) is 19.8. The van der Waals surface area contributed by atoms with Crippen LogP contribution in [0.15, 0.2) is 30.3 Å². The van der Waals surface area contributed by atoms with Crippen molar-refractivity contribution in [3.8, 4) is 0 Å². The molecule has 1 aromatic carbocycles. The van der Waals surface area contributed by atoms with Gasteiger partial charge < -0.3 is 19.4 Å². The van der Waals surface area contributed by atoms with Crippen molar-refractivity contribution in [3.05, 3.63) is 35.9 Å². The van der Waals surface area contributed by atoms with Crippen LogP contribution in [0.5, 0.6) is 0 Å². The van der Waals surface area contributed by atoms with Gasteiger partial charge in [-0.15, -0.1) is 0 Å². The molecule has 10 heteroatoms.